The first kappa shape index (κ1) is 62.2. The second kappa shape index (κ2) is 30.4. The molecule has 2 aliphatic heterocycles. The maximum Gasteiger partial charge on any atom is 0.340 e. The lowest BCUT2D eigenvalue weighted by atomic mass is 10.1. The van der Waals surface area contributed by atoms with Crippen molar-refractivity contribution in [1.29, 1.82) is 10.5 Å². The van der Waals surface area contributed by atoms with Crippen LogP contribution in [0.2, 0.25) is 0 Å². The van der Waals surface area contributed by atoms with Gasteiger partial charge in [-0.05, 0) is 68.3 Å². The lowest BCUT2D eigenvalue weighted by Crippen LogP contribution is -2.40. The molecular weight excluding hydrogens is 905 g/mol. The minimum absolute atomic E-state index is 0. The Labute approximate surface area is 395 Å². The first-order valence-corrected chi connectivity index (χ1v) is 23.2. The standard InChI is InChI=1S/C20H23N3O5S.C16H19N3O4S.C8H10O3.3CH4/c1-15(2)20(25)28-10-7-22-19(24)17(14-21)13-16-3-5-18(6-4-16)23-8-11-29(26,27)12-9-23;17-12-14(16(21)18-5-8-20)11-13-1-3-15(4-2-13)19-6-9-24(22,23)10-7-19;1-5(2)7(9)11-8(10)6(3)4;;;/h3-6,13H,1,7-12H2,2H3,(H,22,24);1-4,11,20H,5-10H2,(H,18,21);1,3H2,2,4H3;3*1H4/b17-13+;14-11+;;;;. The number of amides is 2. The number of aliphatic hydroxyl groups excluding tert-OH is 1. The number of hydrogen-bond donors (Lipinski definition) is 3. The van der Waals surface area contributed by atoms with Gasteiger partial charge in [0, 0.05) is 60.8 Å². The SMILES string of the molecule is C.C.C.C=C(C)C(=O)OC(=O)C(=C)C.C=C(C)C(=O)OCCNC(=O)/C(C#N)=C/c1ccc(N2CCS(=O)(=O)CC2)cc1.N#C/C(=C\c1ccc(N2CCS(=O)(=O)CC2)cc1)C(=O)NCCO. The number of nitrogens with zero attached hydrogens (tertiary/aromatic N) is 4. The maximum absolute atomic E-state index is 12.1. The highest BCUT2D eigenvalue weighted by Crippen LogP contribution is 2.21. The smallest absolute Gasteiger partial charge is 0.340 e. The van der Waals surface area contributed by atoms with Gasteiger partial charge >= 0.3 is 17.9 Å². The number of esters is 3. The summed E-state index contributed by atoms with van der Waals surface area (Å²) in [6.45, 7) is 16.3. The first-order valence-electron chi connectivity index (χ1n) is 19.5. The predicted octanol–water partition coefficient (Wildman–Crippen LogP) is 4.12. The van der Waals surface area contributed by atoms with E-state index < -0.39 is 49.4 Å². The lowest BCUT2D eigenvalue weighted by molar-refractivity contribution is -0.154. The molecule has 0 atom stereocenters. The van der Waals surface area contributed by atoms with Crippen molar-refractivity contribution >= 4 is 72.9 Å². The third-order valence-electron chi connectivity index (χ3n) is 8.81. The highest BCUT2D eigenvalue weighted by atomic mass is 32.2. The maximum atomic E-state index is 12.1. The number of carbonyl (C=O) groups excluding carboxylic acids is 5. The molecule has 0 unspecified atom stereocenters. The highest BCUT2D eigenvalue weighted by molar-refractivity contribution is 7.91. The van der Waals surface area contributed by atoms with Crippen molar-refractivity contribution in [2.24, 2.45) is 0 Å². The van der Waals surface area contributed by atoms with Crippen LogP contribution >= 0.6 is 0 Å². The van der Waals surface area contributed by atoms with Crippen LogP contribution in [0.5, 0.6) is 0 Å². The number of nitriles is 2. The average Bonchev–Trinajstić information content (AvgIpc) is 3.26. The normalized spacial score (nSPS) is 14.4. The van der Waals surface area contributed by atoms with Crippen molar-refractivity contribution in [1.82, 2.24) is 10.6 Å². The fourth-order valence-corrected chi connectivity index (χ4v) is 7.59. The van der Waals surface area contributed by atoms with E-state index in [1.807, 2.05) is 46.2 Å². The molecule has 67 heavy (non-hydrogen) atoms. The van der Waals surface area contributed by atoms with Gasteiger partial charge in [-0.1, -0.05) is 66.3 Å². The van der Waals surface area contributed by atoms with Gasteiger partial charge in [-0.3, -0.25) is 9.59 Å². The van der Waals surface area contributed by atoms with E-state index in [2.05, 4.69) is 35.1 Å². The number of rotatable bonds is 14. The van der Waals surface area contributed by atoms with Crippen molar-refractivity contribution in [2.45, 2.75) is 43.1 Å². The van der Waals surface area contributed by atoms with Crippen LogP contribution < -0.4 is 20.4 Å². The Kier molecular flexibility index (Phi) is 28.2. The average molecular weight is 969 g/mol. The summed E-state index contributed by atoms with van der Waals surface area (Å²) in [5, 5.41) is 31.9. The van der Waals surface area contributed by atoms with E-state index in [0.29, 0.717) is 37.3 Å². The van der Waals surface area contributed by atoms with E-state index in [0.717, 1.165) is 11.4 Å². The van der Waals surface area contributed by atoms with Gasteiger partial charge < -0.3 is 35.0 Å². The van der Waals surface area contributed by atoms with Crippen LogP contribution in [-0.2, 0) is 53.1 Å². The summed E-state index contributed by atoms with van der Waals surface area (Å²) >= 11 is 0. The predicted molar refractivity (Wildman–Crippen MR) is 262 cm³/mol. The number of nitrogens with one attached hydrogen (secondary N) is 2. The molecule has 2 saturated heterocycles. The van der Waals surface area contributed by atoms with E-state index in [-0.39, 0.29) is 99.5 Å². The molecule has 2 heterocycles. The molecule has 20 heteroatoms. The van der Waals surface area contributed by atoms with Crippen molar-refractivity contribution in [3.05, 3.63) is 107 Å². The molecule has 0 saturated carbocycles. The summed E-state index contributed by atoms with van der Waals surface area (Å²) in [7, 11) is -5.86. The number of hydrogen-bond acceptors (Lipinski definition) is 16. The highest BCUT2D eigenvalue weighted by Gasteiger charge is 2.23. The molecule has 366 valence electrons. The fourth-order valence-electron chi connectivity index (χ4n) is 5.18. The van der Waals surface area contributed by atoms with E-state index in [4.69, 9.17) is 15.1 Å². The van der Waals surface area contributed by atoms with Crippen LogP contribution in [0.3, 0.4) is 0 Å². The van der Waals surface area contributed by atoms with Crippen molar-refractivity contribution in [3.63, 3.8) is 0 Å². The number of benzene rings is 2. The van der Waals surface area contributed by atoms with Gasteiger partial charge in [0.25, 0.3) is 11.8 Å². The molecule has 2 aromatic carbocycles. The second-order valence-corrected chi connectivity index (χ2v) is 18.8. The molecular formula is C47H64N6O12S2. The minimum Gasteiger partial charge on any atom is -0.460 e. The largest absolute Gasteiger partial charge is 0.460 e. The van der Waals surface area contributed by atoms with E-state index in [9.17, 15) is 46.1 Å². The first-order chi connectivity index (χ1) is 30.1. The zero-order valence-corrected chi connectivity index (χ0v) is 37.6. The van der Waals surface area contributed by atoms with Gasteiger partial charge in [0.2, 0.25) is 0 Å². The van der Waals surface area contributed by atoms with Crippen LogP contribution in [0.15, 0.2) is 96.1 Å². The van der Waals surface area contributed by atoms with Crippen LogP contribution in [0.25, 0.3) is 12.2 Å². The van der Waals surface area contributed by atoms with Gasteiger partial charge in [-0.2, -0.15) is 10.5 Å². The molecule has 0 spiro atoms. The van der Waals surface area contributed by atoms with Crippen LogP contribution in [0.4, 0.5) is 11.4 Å². The number of sulfone groups is 2. The molecule has 3 N–H and O–H groups in total. The number of ether oxygens (including phenoxy) is 2. The van der Waals surface area contributed by atoms with Crippen molar-refractivity contribution < 1.29 is 55.4 Å². The molecule has 2 aromatic rings. The Balaban J connectivity index is 0. The Hall–Kier alpha value is -6.87. The van der Waals surface area contributed by atoms with Crippen molar-refractivity contribution in [2.75, 3.05) is 85.3 Å². The third kappa shape index (κ3) is 22.7. The van der Waals surface area contributed by atoms with Gasteiger partial charge in [-0.25, -0.2) is 31.2 Å². The van der Waals surface area contributed by atoms with E-state index in [1.54, 1.807) is 24.3 Å². The summed E-state index contributed by atoms with van der Waals surface area (Å²) < 4.78 is 55.1. The van der Waals surface area contributed by atoms with E-state index in [1.165, 1.54) is 32.9 Å². The minimum atomic E-state index is -2.94. The molecule has 4 rings (SSSR count). The lowest BCUT2D eigenvalue weighted by Gasteiger charge is -2.28. The van der Waals surface area contributed by atoms with Gasteiger partial charge in [0.1, 0.15) is 29.9 Å². The monoisotopic (exact) mass is 968 g/mol. The summed E-state index contributed by atoms with van der Waals surface area (Å²) in [5.74, 6) is -2.49. The zero-order chi connectivity index (χ0) is 48.0. The second-order valence-electron chi connectivity index (χ2n) is 14.2. The quantitative estimate of drug-likeness (QED) is 0.0790. The van der Waals surface area contributed by atoms with Crippen LogP contribution in [0.1, 0.15) is 54.2 Å². The van der Waals surface area contributed by atoms with Crippen LogP contribution in [0, 0.1) is 22.7 Å². The molecule has 2 fully saturated rings. The van der Waals surface area contributed by atoms with Crippen molar-refractivity contribution in [3.8, 4) is 12.1 Å². The molecule has 2 amide bonds. The van der Waals surface area contributed by atoms with Gasteiger partial charge in [-0.15, -0.1) is 0 Å². The molecule has 0 bridgehead atoms. The molecule has 0 aromatic heterocycles. The summed E-state index contributed by atoms with van der Waals surface area (Å²) in [6.07, 6.45) is 2.93. The summed E-state index contributed by atoms with van der Waals surface area (Å²) in [6, 6.07) is 18.1. The zero-order valence-electron chi connectivity index (χ0n) is 35.9. The number of anilines is 2. The van der Waals surface area contributed by atoms with Crippen LogP contribution in [-0.4, -0.2) is 127 Å². The molecule has 18 nitrogen and oxygen atoms in total. The number of aliphatic hydroxyl groups is 1. The molecule has 0 radical (unpaired) electrons. The Morgan fingerprint density at radius 2 is 0.955 bits per heavy atom. The van der Waals surface area contributed by atoms with Gasteiger partial charge in [0.05, 0.1) is 36.2 Å². The molecule has 0 aliphatic carbocycles. The number of carbonyl (C=O) groups is 5. The van der Waals surface area contributed by atoms with E-state index >= 15 is 0 Å². The fraction of sp³-hybridized carbons (Fsp3) is 0.383. The Morgan fingerprint density at radius 3 is 1.25 bits per heavy atom. The molecule has 2 aliphatic rings. The Morgan fingerprint density at radius 1 is 0.627 bits per heavy atom. The third-order valence-corrected chi connectivity index (χ3v) is 12.0. The van der Waals surface area contributed by atoms with Gasteiger partial charge in [0.15, 0.2) is 19.7 Å². The summed E-state index contributed by atoms with van der Waals surface area (Å²) in [5.41, 5.74) is 3.69. The summed E-state index contributed by atoms with van der Waals surface area (Å²) in [4.78, 5) is 60.4. The Bertz CT molecular complexity index is 2400. The topological polar surface area (TPSA) is 270 Å².